The molecule has 5 nitrogen and oxygen atoms in total. The fraction of sp³-hybridized carbons (Fsp3) is 0.500. The van der Waals surface area contributed by atoms with E-state index in [1.165, 1.54) is 6.42 Å². The molecule has 1 aliphatic carbocycles. The topological polar surface area (TPSA) is 63.6 Å². The van der Waals surface area contributed by atoms with E-state index in [0.717, 1.165) is 30.9 Å². The number of hydrogen-bond acceptors (Lipinski definition) is 3. The van der Waals surface area contributed by atoms with Gasteiger partial charge >= 0.3 is 0 Å². The van der Waals surface area contributed by atoms with E-state index in [4.69, 9.17) is 5.73 Å². The summed E-state index contributed by atoms with van der Waals surface area (Å²) in [5, 5.41) is 0. The van der Waals surface area contributed by atoms with Crippen molar-refractivity contribution in [2.24, 2.45) is 17.6 Å². The Hall–Kier alpha value is -1.30. The number of likely N-dealkylation sites (tertiary alicyclic amines) is 1. The second-order valence-electron chi connectivity index (χ2n) is 6.34. The Morgan fingerprint density at radius 2 is 2.09 bits per heavy atom. The predicted octanol–water partition coefficient (Wildman–Crippen LogP) is 1.92. The van der Waals surface area contributed by atoms with Gasteiger partial charge in [0.05, 0.1) is 12.1 Å². The van der Waals surface area contributed by atoms with E-state index in [-0.39, 0.29) is 36.8 Å². The van der Waals surface area contributed by atoms with E-state index in [1.807, 2.05) is 39.9 Å². The molecule has 1 saturated carbocycles. The van der Waals surface area contributed by atoms with E-state index in [9.17, 15) is 4.79 Å². The maximum atomic E-state index is 12.5. The molecule has 0 bridgehead atoms. The number of nitrogens with two attached hydrogens (primary N) is 1. The minimum atomic E-state index is 0. The number of carbonyl (C=O) groups is 1. The fourth-order valence-corrected chi connectivity index (χ4v) is 3.85. The number of aromatic nitrogens is 2. The molecule has 0 spiro atoms. The van der Waals surface area contributed by atoms with Crippen LogP contribution in [0, 0.1) is 11.8 Å². The summed E-state index contributed by atoms with van der Waals surface area (Å²) in [6, 6.07) is 6.15. The quantitative estimate of drug-likeness (QED) is 0.893. The highest BCUT2D eigenvalue weighted by atomic mass is 35.5. The zero-order valence-corrected chi connectivity index (χ0v) is 14.4. The van der Waals surface area contributed by atoms with Crippen LogP contribution in [0.5, 0.6) is 0 Å². The fourth-order valence-electron chi connectivity index (χ4n) is 3.85. The van der Waals surface area contributed by atoms with Crippen molar-refractivity contribution in [2.45, 2.75) is 25.3 Å². The Kier molecular flexibility index (Phi) is 5.55. The summed E-state index contributed by atoms with van der Waals surface area (Å²) in [5.74, 6) is 1.31. The first-order valence-corrected chi connectivity index (χ1v) is 7.66. The summed E-state index contributed by atoms with van der Waals surface area (Å²) >= 11 is 0. The maximum absolute atomic E-state index is 12.5. The van der Waals surface area contributed by atoms with Crippen molar-refractivity contribution in [1.82, 2.24) is 14.3 Å². The van der Waals surface area contributed by atoms with Crippen LogP contribution in [0.3, 0.4) is 0 Å². The summed E-state index contributed by atoms with van der Waals surface area (Å²) in [5.41, 5.74) is 7.86. The lowest BCUT2D eigenvalue weighted by molar-refractivity contribution is -0.129. The first-order valence-electron chi connectivity index (χ1n) is 7.66. The highest BCUT2D eigenvalue weighted by molar-refractivity contribution is 5.85. The standard InChI is InChI=1S/C16H20N4O.2ClH/c17-14-5-4-11-8-20(10-13(11)14)16(21)7-12-9-19-6-2-1-3-15(19)18-12;;/h1-3,6,9,11,13-14H,4-5,7-8,10,17H2;2*1H. The van der Waals surface area contributed by atoms with Crippen molar-refractivity contribution in [1.29, 1.82) is 0 Å². The molecule has 2 aromatic heterocycles. The molecule has 3 unspecified atom stereocenters. The van der Waals surface area contributed by atoms with Gasteiger partial charge < -0.3 is 15.0 Å². The molecule has 1 amide bonds. The van der Waals surface area contributed by atoms with Gasteiger partial charge in [-0.1, -0.05) is 6.07 Å². The van der Waals surface area contributed by atoms with Crippen molar-refractivity contribution in [3.63, 3.8) is 0 Å². The minimum Gasteiger partial charge on any atom is -0.342 e. The van der Waals surface area contributed by atoms with E-state index in [1.54, 1.807) is 0 Å². The molecule has 2 fully saturated rings. The number of carbonyl (C=O) groups excluding carboxylic acids is 1. The van der Waals surface area contributed by atoms with E-state index < -0.39 is 0 Å². The van der Waals surface area contributed by atoms with Gasteiger partial charge in [0.25, 0.3) is 0 Å². The van der Waals surface area contributed by atoms with Crippen LogP contribution in [-0.2, 0) is 11.2 Å². The van der Waals surface area contributed by atoms with Crippen LogP contribution in [0.25, 0.3) is 5.65 Å². The lowest BCUT2D eigenvalue weighted by Crippen LogP contribution is -2.34. The summed E-state index contributed by atoms with van der Waals surface area (Å²) < 4.78 is 1.96. The summed E-state index contributed by atoms with van der Waals surface area (Å²) in [7, 11) is 0. The molecule has 1 saturated heterocycles. The number of hydrogen-bond donors (Lipinski definition) is 1. The number of halogens is 2. The monoisotopic (exact) mass is 356 g/mol. The molecule has 0 aromatic carbocycles. The largest absolute Gasteiger partial charge is 0.342 e. The molecule has 23 heavy (non-hydrogen) atoms. The van der Waals surface area contributed by atoms with Crippen molar-refractivity contribution in [3.05, 3.63) is 36.3 Å². The molecule has 0 radical (unpaired) electrons. The van der Waals surface area contributed by atoms with Gasteiger partial charge in [-0.05, 0) is 36.8 Å². The average molecular weight is 357 g/mol. The predicted molar refractivity (Wildman–Crippen MR) is 94.2 cm³/mol. The number of imidazole rings is 1. The normalized spacial score (nSPS) is 25.8. The molecule has 3 atom stereocenters. The molecule has 3 heterocycles. The summed E-state index contributed by atoms with van der Waals surface area (Å²) in [6.07, 6.45) is 6.57. The lowest BCUT2D eigenvalue weighted by atomic mass is 9.98. The van der Waals surface area contributed by atoms with Gasteiger partial charge in [0.15, 0.2) is 0 Å². The Morgan fingerprint density at radius 3 is 2.83 bits per heavy atom. The zero-order valence-electron chi connectivity index (χ0n) is 12.8. The number of rotatable bonds is 2. The van der Waals surface area contributed by atoms with Crippen molar-refractivity contribution in [2.75, 3.05) is 13.1 Å². The molecule has 2 aliphatic rings. The third-order valence-corrected chi connectivity index (χ3v) is 5.01. The van der Waals surface area contributed by atoms with Crippen LogP contribution in [0.2, 0.25) is 0 Å². The van der Waals surface area contributed by atoms with Gasteiger partial charge in [0.1, 0.15) is 5.65 Å². The lowest BCUT2D eigenvalue weighted by Gasteiger charge is -2.18. The molecule has 7 heteroatoms. The molecule has 126 valence electrons. The van der Waals surface area contributed by atoms with Gasteiger partial charge in [0.2, 0.25) is 5.91 Å². The average Bonchev–Trinajstić information content (AvgIpc) is 3.14. The summed E-state index contributed by atoms with van der Waals surface area (Å²) in [6.45, 7) is 1.71. The van der Waals surface area contributed by atoms with E-state index in [2.05, 4.69) is 4.98 Å². The second-order valence-corrected chi connectivity index (χ2v) is 6.34. The van der Waals surface area contributed by atoms with E-state index in [0.29, 0.717) is 18.3 Å². The molecular weight excluding hydrogens is 335 g/mol. The van der Waals surface area contributed by atoms with E-state index >= 15 is 0 Å². The Labute approximate surface area is 148 Å². The Morgan fingerprint density at radius 1 is 1.26 bits per heavy atom. The van der Waals surface area contributed by atoms with Crippen LogP contribution < -0.4 is 5.73 Å². The molecular formula is C16H22Cl2N4O. The van der Waals surface area contributed by atoms with Gasteiger partial charge in [-0.25, -0.2) is 4.98 Å². The van der Waals surface area contributed by atoms with Crippen molar-refractivity contribution in [3.8, 4) is 0 Å². The minimum absolute atomic E-state index is 0. The summed E-state index contributed by atoms with van der Waals surface area (Å²) in [4.78, 5) is 19.0. The Bertz CT molecular complexity index is 657. The number of amides is 1. The third-order valence-electron chi connectivity index (χ3n) is 5.01. The van der Waals surface area contributed by atoms with Gasteiger partial charge in [-0.15, -0.1) is 24.8 Å². The second kappa shape index (κ2) is 7.07. The number of fused-ring (bicyclic) bond motifs is 2. The van der Waals surface area contributed by atoms with Crippen molar-refractivity contribution < 1.29 is 4.79 Å². The highest BCUT2D eigenvalue weighted by Gasteiger charge is 2.42. The van der Waals surface area contributed by atoms with Crippen LogP contribution in [-0.4, -0.2) is 39.3 Å². The molecule has 2 aromatic rings. The zero-order chi connectivity index (χ0) is 14.4. The number of nitrogens with zero attached hydrogens (tertiary/aromatic N) is 3. The molecule has 1 aliphatic heterocycles. The molecule has 4 rings (SSSR count). The van der Waals surface area contributed by atoms with Gasteiger partial charge in [0, 0.05) is 31.5 Å². The smallest absolute Gasteiger partial charge is 0.228 e. The third kappa shape index (κ3) is 3.32. The van der Waals surface area contributed by atoms with Crippen molar-refractivity contribution >= 4 is 36.4 Å². The van der Waals surface area contributed by atoms with Crippen LogP contribution in [0.1, 0.15) is 18.5 Å². The van der Waals surface area contributed by atoms with Crippen LogP contribution in [0.15, 0.2) is 30.6 Å². The van der Waals surface area contributed by atoms with Gasteiger partial charge in [-0.3, -0.25) is 4.79 Å². The SMILES string of the molecule is Cl.Cl.NC1CCC2CN(C(=O)Cc3cn4ccccc4n3)CC12. The number of pyridine rings is 1. The first kappa shape index (κ1) is 18.0. The maximum Gasteiger partial charge on any atom is 0.228 e. The van der Waals surface area contributed by atoms with Crippen LogP contribution in [0.4, 0.5) is 0 Å². The highest BCUT2D eigenvalue weighted by Crippen LogP contribution is 2.37. The van der Waals surface area contributed by atoms with Crippen LogP contribution >= 0.6 is 24.8 Å². The van der Waals surface area contributed by atoms with Gasteiger partial charge in [-0.2, -0.15) is 0 Å². The molecule has 2 N–H and O–H groups in total. The first-order chi connectivity index (χ1) is 10.2. The Balaban J connectivity index is 0.000000960.